The van der Waals surface area contributed by atoms with Crippen molar-refractivity contribution in [3.8, 4) is 0 Å². The molecule has 0 aliphatic rings. The summed E-state index contributed by atoms with van der Waals surface area (Å²) in [6.45, 7) is 2.81. The minimum Gasteiger partial charge on any atom is -0.320 e. The first kappa shape index (κ1) is 12.8. The topological polar surface area (TPSA) is 24.1 Å². The number of benzene rings is 1. The Morgan fingerprint density at radius 3 is 2.67 bits per heavy atom. The Balaban J connectivity index is 2.31. The van der Waals surface area contributed by atoms with Crippen molar-refractivity contribution in [2.45, 2.75) is 13.0 Å². The number of hydrogen-bond acceptors (Lipinski definition) is 2. The molecule has 15 heavy (non-hydrogen) atoms. The van der Waals surface area contributed by atoms with Crippen molar-refractivity contribution < 1.29 is 0 Å². The van der Waals surface area contributed by atoms with Gasteiger partial charge >= 0.3 is 0 Å². The molecule has 2 N–H and O–H groups in total. The summed E-state index contributed by atoms with van der Waals surface area (Å²) in [6, 6.07) is 5.58. The summed E-state index contributed by atoms with van der Waals surface area (Å²) in [5.74, 6) is 0. The van der Waals surface area contributed by atoms with Crippen LogP contribution in [0.1, 0.15) is 12.0 Å². The Morgan fingerprint density at radius 2 is 2.00 bits per heavy atom. The zero-order chi connectivity index (χ0) is 11.1. The van der Waals surface area contributed by atoms with Gasteiger partial charge in [-0.1, -0.05) is 29.3 Å². The van der Waals surface area contributed by atoms with Gasteiger partial charge in [0.2, 0.25) is 0 Å². The van der Waals surface area contributed by atoms with Gasteiger partial charge in [0, 0.05) is 16.6 Å². The van der Waals surface area contributed by atoms with Crippen molar-refractivity contribution >= 4 is 23.2 Å². The summed E-state index contributed by atoms with van der Waals surface area (Å²) in [4.78, 5) is 0. The summed E-state index contributed by atoms with van der Waals surface area (Å²) in [7, 11) is 1.95. The molecule has 0 aromatic heterocycles. The van der Waals surface area contributed by atoms with Gasteiger partial charge < -0.3 is 10.6 Å². The van der Waals surface area contributed by atoms with Gasteiger partial charge in [0.1, 0.15) is 0 Å². The Kier molecular flexibility index (Phi) is 6.03. The minimum atomic E-state index is 0.680. The second-order valence-corrected chi connectivity index (χ2v) is 4.21. The molecule has 0 aliphatic carbocycles. The smallest absolute Gasteiger partial charge is 0.0465 e. The van der Waals surface area contributed by atoms with Crippen LogP contribution in [-0.2, 0) is 6.54 Å². The largest absolute Gasteiger partial charge is 0.320 e. The lowest BCUT2D eigenvalue weighted by Gasteiger charge is -2.06. The first-order valence-corrected chi connectivity index (χ1v) is 5.79. The van der Waals surface area contributed by atoms with Crippen molar-refractivity contribution in [2.75, 3.05) is 20.1 Å². The van der Waals surface area contributed by atoms with E-state index in [2.05, 4.69) is 10.6 Å². The summed E-state index contributed by atoms with van der Waals surface area (Å²) >= 11 is 11.8. The normalized spacial score (nSPS) is 10.6. The molecule has 0 fully saturated rings. The fraction of sp³-hybridized carbons (Fsp3) is 0.455. The summed E-state index contributed by atoms with van der Waals surface area (Å²) < 4.78 is 0. The number of halogens is 2. The number of nitrogens with one attached hydrogen (secondary N) is 2. The molecule has 0 amide bonds. The van der Waals surface area contributed by atoms with E-state index in [-0.39, 0.29) is 0 Å². The Labute approximate surface area is 101 Å². The van der Waals surface area contributed by atoms with Gasteiger partial charge in [0.15, 0.2) is 0 Å². The van der Waals surface area contributed by atoms with Crippen molar-refractivity contribution in [2.24, 2.45) is 0 Å². The Hall–Kier alpha value is -0.280. The lowest BCUT2D eigenvalue weighted by molar-refractivity contribution is 0.625. The number of hydrogen-bond donors (Lipinski definition) is 2. The standard InChI is InChI=1S/C11H16Cl2N2/c1-14-5-2-6-15-8-9-3-4-10(12)7-11(9)13/h3-4,7,14-15H,2,5-6,8H2,1H3. The van der Waals surface area contributed by atoms with Crippen LogP contribution in [0, 0.1) is 0 Å². The van der Waals surface area contributed by atoms with Crippen LogP contribution in [-0.4, -0.2) is 20.1 Å². The molecule has 1 rings (SSSR count). The van der Waals surface area contributed by atoms with E-state index in [1.807, 2.05) is 19.2 Å². The van der Waals surface area contributed by atoms with E-state index in [1.165, 1.54) is 0 Å². The molecular formula is C11H16Cl2N2. The van der Waals surface area contributed by atoms with Gasteiger partial charge in [0.25, 0.3) is 0 Å². The second kappa shape index (κ2) is 7.07. The van der Waals surface area contributed by atoms with E-state index in [0.717, 1.165) is 36.6 Å². The van der Waals surface area contributed by atoms with Crippen LogP contribution in [0.4, 0.5) is 0 Å². The fourth-order valence-corrected chi connectivity index (χ4v) is 1.75. The molecule has 0 saturated heterocycles. The zero-order valence-corrected chi connectivity index (χ0v) is 10.3. The van der Waals surface area contributed by atoms with E-state index >= 15 is 0 Å². The molecule has 4 heteroatoms. The highest BCUT2D eigenvalue weighted by Gasteiger charge is 1.99. The van der Waals surface area contributed by atoms with Gasteiger partial charge in [-0.2, -0.15) is 0 Å². The van der Waals surface area contributed by atoms with Crippen molar-refractivity contribution in [1.82, 2.24) is 10.6 Å². The van der Waals surface area contributed by atoms with Crippen LogP contribution in [0.15, 0.2) is 18.2 Å². The third kappa shape index (κ3) is 4.85. The van der Waals surface area contributed by atoms with Crippen molar-refractivity contribution in [1.29, 1.82) is 0 Å². The summed E-state index contributed by atoms with van der Waals surface area (Å²) in [6.07, 6.45) is 1.11. The van der Waals surface area contributed by atoms with Crippen LogP contribution < -0.4 is 10.6 Å². The maximum absolute atomic E-state index is 6.03. The molecular weight excluding hydrogens is 231 g/mol. The molecule has 0 radical (unpaired) electrons. The van der Waals surface area contributed by atoms with E-state index < -0.39 is 0 Å². The van der Waals surface area contributed by atoms with Gasteiger partial charge in [-0.05, 0) is 44.3 Å². The lowest BCUT2D eigenvalue weighted by Crippen LogP contribution is -2.19. The maximum Gasteiger partial charge on any atom is 0.0465 e. The minimum absolute atomic E-state index is 0.680. The van der Waals surface area contributed by atoms with Gasteiger partial charge in [-0.3, -0.25) is 0 Å². The van der Waals surface area contributed by atoms with E-state index in [0.29, 0.717) is 5.02 Å². The first-order valence-electron chi connectivity index (χ1n) is 5.03. The quantitative estimate of drug-likeness (QED) is 0.755. The Morgan fingerprint density at radius 1 is 1.20 bits per heavy atom. The molecule has 2 nitrogen and oxygen atoms in total. The third-order valence-corrected chi connectivity index (χ3v) is 2.70. The summed E-state index contributed by atoms with van der Waals surface area (Å²) in [5, 5.41) is 7.84. The van der Waals surface area contributed by atoms with Crippen molar-refractivity contribution in [3.05, 3.63) is 33.8 Å². The average Bonchev–Trinajstić information content (AvgIpc) is 2.20. The molecule has 84 valence electrons. The highest BCUT2D eigenvalue weighted by molar-refractivity contribution is 6.35. The van der Waals surface area contributed by atoms with Gasteiger partial charge in [-0.25, -0.2) is 0 Å². The van der Waals surface area contributed by atoms with Crippen LogP contribution in [0.25, 0.3) is 0 Å². The molecule has 1 aromatic carbocycles. The lowest BCUT2D eigenvalue weighted by atomic mass is 10.2. The van der Waals surface area contributed by atoms with Crippen LogP contribution in [0.5, 0.6) is 0 Å². The van der Waals surface area contributed by atoms with Gasteiger partial charge in [0.05, 0.1) is 0 Å². The molecule has 0 heterocycles. The molecule has 0 atom stereocenters. The third-order valence-electron chi connectivity index (χ3n) is 2.11. The second-order valence-electron chi connectivity index (χ2n) is 3.37. The molecule has 0 bridgehead atoms. The first-order chi connectivity index (χ1) is 7.24. The van der Waals surface area contributed by atoms with Crippen molar-refractivity contribution in [3.63, 3.8) is 0 Å². The highest BCUT2D eigenvalue weighted by Crippen LogP contribution is 2.20. The van der Waals surface area contributed by atoms with E-state index in [4.69, 9.17) is 23.2 Å². The maximum atomic E-state index is 6.03. The van der Waals surface area contributed by atoms with Gasteiger partial charge in [-0.15, -0.1) is 0 Å². The monoisotopic (exact) mass is 246 g/mol. The number of rotatable bonds is 6. The Bertz CT molecular complexity index is 303. The summed E-state index contributed by atoms with van der Waals surface area (Å²) in [5.41, 5.74) is 1.09. The zero-order valence-electron chi connectivity index (χ0n) is 8.82. The molecule has 1 aromatic rings. The highest BCUT2D eigenvalue weighted by atomic mass is 35.5. The fourth-order valence-electron chi connectivity index (χ4n) is 1.28. The van der Waals surface area contributed by atoms with Crippen LogP contribution in [0.3, 0.4) is 0 Å². The molecule has 0 spiro atoms. The molecule has 0 aliphatic heterocycles. The van der Waals surface area contributed by atoms with E-state index in [9.17, 15) is 0 Å². The van der Waals surface area contributed by atoms with E-state index in [1.54, 1.807) is 6.07 Å². The average molecular weight is 247 g/mol. The SMILES string of the molecule is CNCCCNCc1ccc(Cl)cc1Cl. The molecule has 0 unspecified atom stereocenters. The van der Waals surface area contributed by atoms with Crippen LogP contribution >= 0.6 is 23.2 Å². The predicted octanol–water partition coefficient (Wildman–Crippen LogP) is 2.69. The predicted molar refractivity (Wildman–Crippen MR) is 66.7 cm³/mol. The molecule has 0 saturated carbocycles. The van der Waals surface area contributed by atoms with Crippen LogP contribution in [0.2, 0.25) is 10.0 Å².